The Balaban J connectivity index is 0. The molecule has 0 aromatic carbocycles. The van der Waals surface area contributed by atoms with Crippen LogP contribution in [0, 0.1) is 5.92 Å². The van der Waals surface area contributed by atoms with E-state index in [4.69, 9.17) is 17.3 Å². The number of aliphatic hydroxyl groups is 1. The van der Waals surface area contributed by atoms with Gasteiger partial charge in [-0.3, -0.25) is 0 Å². The molecule has 0 aromatic heterocycles. The minimum absolute atomic E-state index is 0. The molecule has 0 spiro atoms. The van der Waals surface area contributed by atoms with Crippen LogP contribution in [0.15, 0.2) is 0 Å². The van der Waals surface area contributed by atoms with Gasteiger partial charge < -0.3 is 5.11 Å². The molecule has 0 saturated heterocycles. The van der Waals surface area contributed by atoms with Crippen molar-refractivity contribution >= 4 is 46.8 Å². The Bertz CT molecular complexity index is 185. The number of hydrogen-bond donors (Lipinski definition) is 1. The van der Waals surface area contributed by atoms with Crippen molar-refractivity contribution in [3.63, 3.8) is 0 Å². The van der Waals surface area contributed by atoms with Gasteiger partial charge in [-0.05, 0) is 18.6 Å². The average Bonchev–Trinajstić information content (AvgIpc) is 2.31. The monoisotopic (exact) mass is 282 g/mol. The molecule has 1 N–H and O–H groups in total. The van der Waals surface area contributed by atoms with Gasteiger partial charge in [0.15, 0.2) is 5.05 Å². The average molecular weight is 282 g/mol. The van der Waals surface area contributed by atoms with Crippen molar-refractivity contribution in [2.75, 3.05) is 0 Å². The van der Waals surface area contributed by atoms with E-state index in [1.165, 1.54) is 64.2 Å². The molecule has 0 aliphatic heterocycles. The molecule has 0 aliphatic carbocycles. The van der Waals surface area contributed by atoms with Gasteiger partial charge in [-0.1, -0.05) is 78.1 Å². The van der Waals surface area contributed by atoms with Crippen LogP contribution in [0.2, 0.25) is 0 Å². The van der Waals surface area contributed by atoms with Crippen LogP contribution in [0.1, 0.15) is 84.5 Å². The van der Waals surface area contributed by atoms with Crippen molar-refractivity contribution in [3.8, 4) is 0 Å². The molecule has 1 atom stereocenters. The number of thiocarbonyl (C=S) groups is 1. The second-order valence-corrected chi connectivity index (χ2v) is 5.63. The second-order valence-electron chi connectivity index (χ2n) is 5.21. The summed E-state index contributed by atoms with van der Waals surface area (Å²) in [6, 6.07) is 0. The maximum atomic E-state index is 9.10. The first kappa shape index (κ1) is 21.2. The van der Waals surface area contributed by atoms with E-state index in [2.05, 4.69) is 6.92 Å². The molecule has 0 bridgehead atoms. The van der Waals surface area contributed by atoms with Gasteiger partial charge in [0, 0.05) is 5.92 Å². The molecule has 0 amide bonds. The Morgan fingerprint density at radius 1 is 0.889 bits per heavy atom. The molecule has 0 aromatic rings. The zero-order chi connectivity index (χ0) is 12.9. The summed E-state index contributed by atoms with van der Waals surface area (Å²) in [4.78, 5) is 0. The molecule has 0 radical (unpaired) electrons. The van der Waals surface area contributed by atoms with Gasteiger partial charge in [-0.25, -0.2) is 0 Å². The molecule has 18 heavy (non-hydrogen) atoms. The van der Waals surface area contributed by atoms with Crippen LogP contribution in [-0.4, -0.2) is 39.7 Å². The predicted molar refractivity (Wildman–Crippen MR) is 88.0 cm³/mol. The van der Waals surface area contributed by atoms with Crippen molar-refractivity contribution in [1.82, 2.24) is 0 Å². The summed E-state index contributed by atoms with van der Waals surface area (Å²) >= 11 is 4.74. The van der Waals surface area contributed by atoms with Crippen LogP contribution in [0.25, 0.3) is 0 Å². The van der Waals surface area contributed by atoms with Gasteiger partial charge in [0.05, 0.1) is 0 Å². The zero-order valence-corrected chi connectivity index (χ0v) is 12.5. The second kappa shape index (κ2) is 15.9. The number of aliphatic hydroxyl groups excluding tert-OH is 1. The fourth-order valence-corrected chi connectivity index (χ4v) is 2.18. The first-order chi connectivity index (χ1) is 8.18. The van der Waals surface area contributed by atoms with Crippen LogP contribution in [0.3, 0.4) is 0 Å². The molecule has 0 aliphatic rings. The quantitative estimate of drug-likeness (QED) is 0.303. The van der Waals surface area contributed by atoms with Crippen molar-refractivity contribution in [1.29, 1.82) is 0 Å². The van der Waals surface area contributed by atoms with Crippen molar-refractivity contribution in [2.45, 2.75) is 84.5 Å². The molecule has 1 nitrogen and oxygen atoms in total. The molecule has 0 fully saturated rings. The summed E-state index contributed by atoms with van der Waals surface area (Å²) < 4.78 is 0. The van der Waals surface area contributed by atoms with Crippen molar-refractivity contribution in [2.24, 2.45) is 5.92 Å². The van der Waals surface area contributed by atoms with Crippen LogP contribution < -0.4 is 0 Å². The van der Waals surface area contributed by atoms with E-state index >= 15 is 0 Å². The molecule has 1 unspecified atom stereocenters. The maximum absolute atomic E-state index is 9.10. The predicted octanol–water partition coefficient (Wildman–Crippen LogP) is 5.17. The fraction of sp³-hybridized carbons (Fsp3) is 0.933. The fourth-order valence-electron chi connectivity index (χ4n) is 2.06. The van der Waals surface area contributed by atoms with E-state index in [0.29, 0.717) is 0 Å². The molecular weight excluding hydrogens is 251 g/mol. The van der Waals surface area contributed by atoms with Gasteiger partial charge in [-0.15, -0.1) is 0 Å². The van der Waals surface area contributed by atoms with Crippen LogP contribution >= 0.6 is 12.2 Å². The number of hydrogen-bond acceptors (Lipinski definition) is 1. The number of unbranched alkanes of at least 4 members (excludes halogenated alkanes) is 9. The van der Waals surface area contributed by atoms with E-state index in [9.17, 15) is 0 Å². The van der Waals surface area contributed by atoms with Crippen LogP contribution in [0.5, 0.6) is 0 Å². The third-order valence-electron chi connectivity index (χ3n) is 3.41. The third kappa shape index (κ3) is 14.9. The van der Waals surface area contributed by atoms with Gasteiger partial charge >= 0.3 is 29.6 Å². The SMILES string of the molecule is CCCCCCCCCCCCC(C)C(O)=S.[NaH]. The molecule has 0 heterocycles. The standard InChI is InChI=1S/C15H30OS.Na.H/c1-3-4-5-6-7-8-9-10-11-12-13-14(2)15(16)17;;/h14H,3-13H2,1-2H3,(H,16,17);;. The van der Waals surface area contributed by atoms with Gasteiger partial charge in [0.1, 0.15) is 0 Å². The van der Waals surface area contributed by atoms with Gasteiger partial charge in [0.25, 0.3) is 0 Å². The van der Waals surface area contributed by atoms with E-state index in [1.54, 1.807) is 0 Å². The molecule has 3 heteroatoms. The molecule has 0 saturated carbocycles. The summed E-state index contributed by atoms with van der Waals surface area (Å²) in [6.45, 7) is 4.27. The van der Waals surface area contributed by atoms with Crippen LogP contribution in [-0.2, 0) is 0 Å². The Kier molecular flexibility index (Phi) is 18.8. The first-order valence-electron chi connectivity index (χ1n) is 7.41. The van der Waals surface area contributed by atoms with Crippen LogP contribution in [0.4, 0.5) is 0 Å². The number of rotatable bonds is 12. The summed E-state index contributed by atoms with van der Waals surface area (Å²) in [5, 5.41) is 9.28. The third-order valence-corrected chi connectivity index (χ3v) is 3.81. The summed E-state index contributed by atoms with van der Waals surface area (Å²) in [6.07, 6.45) is 14.7. The van der Waals surface area contributed by atoms with Crippen molar-refractivity contribution in [3.05, 3.63) is 0 Å². The first-order valence-corrected chi connectivity index (χ1v) is 7.82. The topological polar surface area (TPSA) is 20.2 Å². The molecular formula is C15H31NaOS. The van der Waals surface area contributed by atoms with Crippen molar-refractivity contribution < 1.29 is 5.11 Å². The summed E-state index contributed by atoms with van der Waals surface area (Å²) in [7, 11) is 0. The normalized spacial score (nSPS) is 11.9. The zero-order valence-electron chi connectivity index (χ0n) is 11.7. The van der Waals surface area contributed by atoms with E-state index in [1.807, 2.05) is 6.92 Å². The Morgan fingerprint density at radius 2 is 1.28 bits per heavy atom. The Morgan fingerprint density at radius 3 is 1.67 bits per heavy atom. The molecule has 104 valence electrons. The van der Waals surface area contributed by atoms with E-state index in [0.717, 1.165) is 6.42 Å². The van der Waals surface area contributed by atoms with Gasteiger partial charge in [-0.2, -0.15) is 0 Å². The summed E-state index contributed by atoms with van der Waals surface area (Å²) in [5.41, 5.74) is 0. The van der Waals surface area contributed by atoms with E-state index in [-0.39, 0.29) is 40.5 Å². The van der Waals surface area contributed by atoms with Gasteiger partial charge in [0.2, 0.25) is 0 Å². The Labute approximate surface area is 141 Å². The van der Waals surface area contributed by atoms with E-state index < -0.39 is 0 Å². The Hall–Kier alpha value is 0.890. The minimum atomic E-state index is 0. The molecule has 0 rings (SSSR count). The summed E-state index contributed by atoms with van der Waals surface area (Å²) in [5.74, 6) is 0.207.